The molecule has 1 aromatic heterocycles. The van der Waals surface area contributed by atoms with Gasteiger partial charge in [0.05, 0.1) is 5.56 Å². The molecule has 0 saturated carbocycles. The van der Waals surface area contributed by atoms with Crippen LogP contribution in [0.3, 0.4) is 0 Å². The maximum Gasteiger partial charge on any atom is 0.338 e. The summed E-state index contributed by atoms with van der Waals surface area (Å²) < 4.78 is 4.96. The van der Waals surface area contributed by atoms with Gasteiger partial charge in [0, 0.05) is 13.6 Å². The van der Waals surface area contributed by atoms with Crippen LogP contribution in [0.15, 0.2) is 41.1 Å². The molecular formula is C15H15NO4S. The monoisotopic (exact) mass is 305 g/mol. The lowest BCUT2D eigenvalue weighted by Crippen LogP contribution is -2.30. The summed E-state index contributed by atoms with van der Waals surface area (Å²) in [4.78, 5) is 25.1. The van der Waals surface area contributed by atoms with Crippen LogP contribution in [0.2, 0.25) is 0 Å². The van der Waals surface area contributed by atoms with Crippen LogP contribution in [-0.4, -0.2) is 35.5 Å². The lowest BCUT2D eigenvalue weighted by Gasteiger charge is -2.16. The van der Waals surface area contributed by atoms with Gasteiger partial charge in [-0.1, -0.05) is 0 Å². The Labute approximate surface area is 126 Å². The average Bonchev–Trinajstić information content (AvgIpc) is 2.98. The molecule has 0 saturated heterocycles. The number of carbonyl (C=O) groups excluding carboxylic acids is 2. The largest absolute Gasteiger partial charge is 0.508 e. The Balaban J connectivity index is 1.83. The van der Waals surface area contributed by atoms with Crippen molar-refractivity contribution in [2.24, 2.45) is 0 Å². The second-order valence-electron chi connectivity index (χ2n) is 4.50. The van der Waals surface area contributed by atoms with Crippen molar-refractivity contribution in [2.45, 2.75) is 6.54 Å². The standard InChI is InChI=1S/C15H15NO4S/c1-16(8-11-6-7-21-10-11)14(18)9-20-15(19)12-2-4-13(17)5-3-12/h2-7,10,17H,8-9H2,1H3. The van der Waals surface area contributed by atoms with E-state index in [1.54, 1.807) is 18.4 Å². The van der Waals surface area contributed by atoms with E-state index < -0.39 is 5.97 Å². The fourth-order valence-electron chi connectivity index (χ4n) is 1.66. The number of nitrogens with zero attached hydrogens (tertiary/aromatic N) is 1. The molecule has 0 bridgehead atoms. The highest BCUT2D eigenvalue weighted by Crippen LogP contribution is 2.11. The lowest BCUT2D eigenvalue weighted by atomic mass is 10.2. The van der Waals surface area contributed by atoms with Gasteiger partial charge in [0.2, 0.25) is 0 Å². The summed E-state index contributed by atoms with van der Waals surface area (Å²) in [5, 5.41) is 13.0. The third-order valence-corrected chi connectivity index (χ3v) is 3.59. The first-order valence-corrected chi connectivity index (χ1v) is 7.22. The summed E-state index contributed by atoms with van der Waals surface area (Å²) >= 11 is 1.57. The highest BCUT2D eigenvalue weighted by atomic mass is 32.1. The van der Waals surface area contributed by atoms with Crippen LogP contribution in [0.1, 0.15) is 15.9 Å². The number of carbonyl (C=O) groups is 2. The number of esters is 1. The van der Waals surface area contributed by atoms with Crippen molar-refractivity contribution in [2.75, 3.05) is 13.7 Å². The maximum absolute atomic E-state index is 11.9. The summed E-state index contributed by atoms with van der Waals surface area (Å²) in [6.45, 7) is 0.180. The number of aromatic hydroxyl groups is 1. The number of thiophene rings is 1. The van der Waals surface area contributed by atoms with Gasteiger partial charge in [0.15, 0.2) is 6.61 Å². The minimum absolute atomic E-state index is 0.0677. The zero-order valence-corrected chi connectivity index (χ0v) is 12.3. The van der Waals surface area contributed by atoms with Gasteiger partial charge in [-0.2, -0.15) is 11.3 Å². The lowest BCUT2D eigenvalue weighted by molar-refractivity contribution is -0.133. The van der Waals surface area contributed by atoms with Crippen molar-refractivity contribution in [1.29, 1.82) is 0 Å². The zero-order valence-electron chi connectivity index (χ0n) is 11.5. The Bertz CT molecular complexity index is 607. The van der Waals surface area contributed by atoms with Crippen molar-refractivity contribution in [3.05, 3.63) is 52.2 Å². The Hall–Kier alpha value is -2.34. The van der Waals surface area contributed by atoms with E-state index in [2.05, 4.69) is 0 Å². The molecule has 0 spiro atoms. The number of phenols is 1. The molecule has 1 amide bonds. The first-order chi connectivity index (χ1) is 10.1. The summed E-state index contributed by atoms with van der Waals surface area (Å²) in [6.07, 6.45) is 0. The number of benzene rings is 1. The molecule has 5 nitrogen and oxygen atoms in total. The van der Waals surface area contributed by atoms with E-state index in [-0.39, 0.29) is 18.3 Å². The van der Waals surface area contributed by atoms with Crippen molar-refractivity contribution < 1.29 is 19.4 Å². The predicted molar refractivity (Wildman–Crippen MR) is 79.2 cm³/mol. The van der Waals surface area contributed by atoms with Crippen LogP contribution in [-0.2, 0) is 16.1 Å². The second kappa shape index (κ2) is 6.90. The molecule has 0 radical (unpaired) electrons. The number of ether oxygens (including phenoxy) is 1. The minimum atomic E-state index is -0.590. The predicted octanol–water partition coefficient (Wildman–Crippen LogP) is 2.27. The van der Waals surface area contributed by atoms with Gasteiger partial charge in [0.25, 0.3) is 5.91 Å². The molecule has 21 heavy (non-hydrogen) atoms. The molecule has 0 atom stereocenters. The molecule has 0 fully saturated rings. The number of amides is 1. The van der Waals surface area contributed by atoms with E-state index in [1.165, 1.54) is 29.2 Å². The van der Waals surface area contributed by atoms with E-state index in [0.717, 1.165) is 5.56 Å². The second-order valence-corrected chi connectivity index (χ2v) is 5.28. The summed E-state index contributed by atoms with van der Waals surface area (Å²) in [6, 6.07) is 7.60. The fourth-order valence-corrected chi connectivity index (χ4v) is 2.32. The summed E-state index contributed by atoms with van der Waals surface area (Å²) in [5.74, 6) is -0.793. The summed E-state index contributed by atoms with van der Waals surface area (Å²) in [7, 11) is 1.66. The first-order valence-electron chi connectivity index (χ1n) is 6.27. The van der Waals surface area contributed by atoms with Gasteiger partial charge in [-0.25, -0.2) is 4.79 Å². The van der Waals surface area contributed by atoms with Gasteiger partial charge in [-0.05, 0) is 46.7 Å². The molecule has 0 aliphatic heterocycles. The van der Waals surface area contributed by atoms with Gasteiger partial charge in [0.1, 0.15) is 5.75 Å². The number of rotatable bonds is 5. The van der Waals surface area contributed by atoms with Crippen LogP contribution < -0.4 is 0 Å². The smallest absolute Gasteiger partial charge is 0.338 e. The number of hydrogen-bond acceptors (Lipinski definition) is 5. The summed E-state index contributed by atoms with van der Waals surface area (Å²) in [5.41, 5.74) is 1.33. The highest BCUT2D eigenvalue weighted by molar-refractivity contribution is 7.07. The third kappa shape index (κ3) is 4.32. The van der Waals surface area contributed by atoms with Crippen LogP contribution in [0.25, 0.3) is 0 Å². The molecule has 2 rings (SSSR count). The normalized spacial score (nSPS) is 10.1. The van der Waals surface area contributed by atoms with E-state index in [9.17, 15) is 9.59 Å². The zero-order chi connectivity index (χ0) is 15.2. The average molecular weight is 305 g/mol. The van der Waals surface area contributed by atoms with Crippen molar-refractivity contribution in [1.82, 2.24) is 4.90 Å². The molecule has 1 N–H and O–H groups in total. The Morgan fingerprint density at radius 3 is 2.57 bits per heavy atom. The first kappa shape index (κ1) is 15.1. The number of phenolic OH excluding ortho intramolecular Hbond substituents is 1. The van der Waals surface area contributed by atoms with Crippen molar-refractivity contribution in [3.8, 4) is 5.75 Å². The molecule has 0 unspecified atom stereocenters. The minimum Gasteiger partial charge on any atom is -0.508 e. The topological polar surface area (TPSA) is 66.8 Å². The van der Waals surface area contributed by atoms with Crippen LogP contribution in [0.5, 0.6) is 5.75 Å². The SMILES string of the molecule is CN(Cc1ccsc1)C(=O)COC(=O)c1ccc(O)cc1. The Morgan fingerprint density at radius 1 is 1.24 bits per heavy atom. The van der Waals surface area contributed by atoms with E-state index in [4.69, 9.17) is 9.84 Å². The maximum atomic E-state index is 11.9. The third-order valence-electron chi connectivity index (χ3n) is 2.86. The molecule has 0 aliphatic rings. The van der Waals surface area contributed by atoms with E-state index in [1.807, 2.05) is 16.8 Å². The van der Waals surface area contributed by atoms with Gasteiger partial charge < -0.3 is 14.7 Å². The quantitative estimate of drug-likeness (QED) is 0.861. The Morgan fingerprint density at radius 2 is 1.95 bits per heavy atom. The molecule has 1 aromatic carbocycles. The molecule has 2 aromatic rings. The molecular weight excluding hydrogens is 290 g/mol. The number of likely N-dealkylation sites (N-methyl/N-ethyl adjacent to an activating group) is 1. The van der Waals surface area contributed by atoms with Crippen LogP contribution in [0.4, 0.5) is 0 Å². The van der Waals surface area contributed by atoms with Gasteiger partial charge in [-0.15, -0.1) is 0 Å². The van der Waals surface area contributed by atoms with E-state index >= 15 is 0 Å². The Kier molecular flexibility index (Phi) is 4.94. The molecule has 110 valence electrons. The number of hydrogen-bond donors (Lipinski definition) is 1. The molecule has 1 heterocycles. The molecule has 6 heteroatoms. The van der Waals surface area contributed by atoms with Crippen LogP contribution >= 0.6 is 11.3 Å². The van der Waals surface area contributed by atoms with E-state index in [0.29, 0.717) is 12.1 Å². The highest BCUT2D eigenvalue weighted by Gasteiger charge is 2.14. The van der Waals surface area contributed by atoms with Crippen LogP contribution in [0, 0.1) is 0 Å². The van der Waals surface area contributed by atoms with Crippen molar-refractivity contribution in [3.63, 3.8) is 0 Å². The van der Waals surface area contributed by atoms with Crippen molar-refractivity contribution >= 4 is 23.2 Å². The van der Waals surface area contributed by atoms with Gasteiger partial charge in [-0.3, -0.25) is 4.79 Å². The van der Waals surface area contributed by atoms with Gasteiger partial charge >= 0.3 is 5.97 Å². The fraction of sp³-hybridized carbons (Fsp3) is 0.200. The molecule has 0 aliphatic carbocycles.